The maximum atomic E-state index is 13.0. The highest BCUT2D eigenvalue weighted by molar-refractivity contribution is 5.95. The average Bonchev–Trinajstić information content (AvgIpc) is 2.69. The Kier molecular flexibility index (Phi) is 6.40. The van der Waals surface area contributed by atoms with Crippen LogP contribution in [0.5, 0.6) is 5.75 Å². The van der Waals surface area contributed by atoms with E-state index in [9.17, 15) is 9.18 Å². The topological polar surface area (TPSA) is 29.5 Å². The summed E-state index contributed by atoms with van der Waals surface area (Å²) < 4.78 is 18.3. The van der Waals surface area contributed by atoms with E-state index in [4.69, 9.17) is 4.74 Å². The number of Topliss-reactive ketones (excluding diaryl/α,β-unsaturated/α-hetero) is 1. The van der Waals surface area contributed by atoms with Gasteiger partial charge in [0, 0.05) is 24.6 Å². The minimum Gasteiger partial charge on any atom is -0.497 e. The van der Waals surface area contributed by atoms with E-state index in [0.29, 0.717) is 18.0 Å². The summed E-state index contributed by atoms with van der Waals surface area (Å²) >= 11 is 0. The van der Waals surface area contributed by atoms with Crippen LogP contribution in [-0.2, 0) is 0 Å². The van der Waals surface area contributed by atoms with E-state index in [1.54, 1.807) is 19.2 Å². The van der Waals surface area contributed by atoms with Gasteiger partial charge in [0.15, 0.2) is 5.78 Å². The molecule has 0 saturated heterocycles. The molecule has 0 N–H and O–H groups in total. The molecular weight excluding hydrogens is 341 g/mol. The molecule has 0 amide bonds. The Labute approximate surface area is 160 Å². The van der Waals surface area contributed by atoms with Crippen molar-refractivity contribution >= 4 is 5.78 Å². The van der Waals surface area contributed by atoms with Crippen LogP contribution in [0.25, 0.3) is 0 Å². The fraction of sp³-hybridized carbons (Fsp3) is 0.348. The number of nitrogens with zero attached hydrogens (tertiary/aromatic N) is 1. The molecule has 0 aromatic heterocycles. The van der Waals surface area contributed by atoms with Crippen molar-refractivity contribution in [2.24, 2.45) is 0 Å². The number of carbonyl (C=O) groups excluding carboxylic acids is 1. The van der Waals surface area contributed by atoms with Crippen LogP contribution in [0, 0.1) is 5.82 Å². The molecule has 0 fully saturated rings. The van der Waals surface area contributed by atoms with Crippen molar-refractivity contribution in [3.63, 3.8) is 0 Å². The predicted octanol–water partition coefficient (Wildman–Crippen LogP) is 5.19. The van der Waals surface area contributed by atoms with Crippen molar-refractivity contribution in [1.29, 1.82) is 0 Å². The molecule has 0 aliphatic carbocycles. The van der Waals surface area contributed by atoms with Crippen molar-refractivity contribution < 1.29 is 13.9 Å². The number of ether oxygens (including phenoxy) is 1. The van der Waals surface area contributed by atoms with Crippen molar-refractivity contribution in [3.05, 3.63) is 77.1 Å². The van der Waals surface area contributed by atoms with E-state index in [0.717, 1.165) is 31.7 Å². The number of carbonyl (C=O) groups is 1. The molecule has 0 saturated carbocycles. The highest BCUT2D eigenvalue weighted by Gasteiger charge is 2.23. The van der Waals surface area contributed by atoms with Gasteiger partial charge in [-0.2, -0.15) is 0 Å². The lowest BCUT2D eigenvalue weighted by molar-refractivity contribution is 0.0970. The third-order valence-electron chi connectivity index (χ3n) is 5.15. The molecule has 3 rings (SSSR count). The Hall–Kier alpha value is -2.46. The van der Waals surface area contributed by atoms with Gasteiger partial charge < -0.3 is 4.74 Å². The summed E-state index contributed by atoms with van der Waals surface area (Å²) in [7, 11) is 1.67. The van der Waals surface area contributed by atoms with Gasteiger partial charge in [-0.25, -0.2) is 4.39 Å². The zero-order valence-corrected chi connectivity index (χ0v) is 16.0. The van der Waals surface area contributed by atoms with Crippen LogP contribution < -0.4 is 4.74 Å². The summed E-state index contributed by atoms with van der Waals surface area (Å²) in [6.45, 7) is 3.92. The molecular formula is C23H26FNO2. The van der Waals surface area contributed by atoms with Crippen molar-refractivity contribution in [2.45, 2.75) is 32.2 Å². The number of halogens is 1. The van der Waals surface area contributed by atoms with Gasteiger partial charge in [-0.3, -0.25) is 9.69 Å². The van der Waals surface area contributed by atoms with Crippen LogP contribution in [0.1, 0.15) is 48.1 Å². The fourth-order valence-corrected chi connectivity index (χ4v) is 3.54. The van der Waals surface area contributed by atoms with Crippen LogP contribution in [0.15, 0.2) is 60.2 Å². The van der Waals surface area contributed by atoms with Crippen LogP contribution in [0.4, 0.5) is 4.39 Å². The van der Waals surface area contributed by atoms with E-state index in [1.807, 2.05) is 12.1 Å². The lowest BCUT2D eigenvalue weighted by Crippen LogP contribution is -2.33. The Balaban J connectivity index is 1.61. The largest absolute Gasteiger partial charge is 0.497 e. The molecule has 4 heteroatoms. The van der Waals surface area contributed by atoms with E-state index in [2.05, 4.69) is 30.0 Å². The van der Waals surface area contributed by atoms with Gasteiger partial charge in [0.05, 0.1) is 7.11 Å². The summed E-state index contributed by atoms with van der Waals surface area (Å²) in [6, 6.07) is 14.4. The second-order valence-corrected chi connectivity index (χ2v) is 7.07. The lowest BCUT2D eigenvalue weighted by Gasteiger charge is -2.35. The standard InChI is InChI=1S/C23H26FNO2/c1-17-13-15-25(22(16-17)18-7-11-21(27-2)12-8-18)14-3-4-23(26)19-5-9-20(24)10-6-19/h5-13,22H,3-4,14-16H2,1-2H3. The normalized spacial score (nSPS) is 17.4. The van der Waals surface area contributed by atoms with Crippen LogP contribution in [-0.4, -0.2) is 30.9 Å². The molecule has 2 aromatic carbocycles. The monoisotopic (exact) mass is 367 g/mol. The number of methoxy groups -OCH3 is 1. The number of rotatable bonds is 7. The Morgan fingerprint density at radius 3 is 2.52 bits per heavy atom. The first-order valence-corrected chi connectivity index (χ1v) is 9.39. The molecule has 0 bridgehead atoms. The smallest absolute Gasteiger partial charge is 0.162 e. The minimum absolute atomic E-state index is 0.0692. The molecule has 2 aromatic rings. The predicted molar refractivity (Wildman–Crippen MR) is 106 cm³/mol. The van der Waals surface area contributed by atoms with E-state index in [-0.39, 0.29) is 11.6 Å². The molecule has 1 aliphatic heterocycles. The van der Waals surface area contributed by atoms with Gasteiger partial charge >= 0.3 is 0 Å². The Morgan fingerprint density at radius 1 is 1.15 bits per heavy atom. The van der Waals surface area contributed by atoms with E-state index in [1.165, 1.54) is 23.3 Å². The fourth-order valence-electron chi connectivity index (χ4n) is 3.54. The first kappa shape index (κ1) is 19.3. The second-order valence-electron chi connectivity index (χ2n) is 7.07. The number of benzene rings is 2. The zero-order chi connectivity index (χ0) is 19.2. The van der Waals surface area contributed by atoms with Gasteiger partial charge in [-0.05, 0) is 68.3 Å². The van der Waals surface area contributed by atoms with Gasteiger partial charge in [-0.15, -0.1) is 0 Å². The first-order valence-electron chi connectivity index (χ1n) is 9.39. The molecule has 1 unspecified atom stereocenters. The molecule has 3 nitrogen and oxygen atoms in total. The molecule has 142 valence electrons. The molecule has 27 heavy (non-hydrogen) atoms. The van der Waals surface area contributed by atoms with Gasteiger partial charge in [0.2, 0.25) is 0 Å². The maximum Gasteiger partial charge on any atom is 0.162 e. The van der Waals surface area contributed by atoms with Crippen LogP contribution >= 0.6 is 0 Å². The maximum absolute atomic E-state index is 13.0. The minimum atomic E-state index is -0.315. The second kappa shape index (κ2) is 8.96. The third-order valence-corrected chi connectivity index (χ3v) is 5.15. The SMILES string of the molecule is COc1ccc(C2CC(C)=CCN2CCCC(=O)c2ccc(F)cc2)cc1. The zero-order valence-electron chi connectivity index (χ0n) is 16.0. The molecule has 1 heterocycles. The van der Waals surface area contributed by atoms with Crippen molar-refractivity contribution in [3.8, 4) is 5.75 Å². The number of ketones is 1. The summed E-state index contributed by atoms with van der Waals surface area (Å²) in [5.74, 6) is 0.613. The average molecular weight is 367 g/mol. The van der Waals surface area contributed by atoms with Gasteiger partial charge in [0.1, 0.15) is 11.6 Å². The van der Waals surface area contributed by atoms with Crippen LogP contribution in [0.2, 0.25) is 0 Å². The highest BCUT2D eigenvalue weighted by Crippen LogP contribution is 2.32. The summed E-state index contributed by atoms with van der Waals surface area (Å²) in [6.07, 6.45) is 4.52. The molecule has 0 spiro atoms. The Bertz CT molecular complexity index is 796. The van der Waals surface area contributed by atoms with Crippen molar-refractivity contribution in [2.75, 3.05) is 20.2 Å². The first-order chi connectivity index (χ1) is 13.1. The lowest BCUT2D eigenvalue weighted by atomic mass is 9.94. The number of hydrogen-bond acceptors (Lipinski definition) is 3. The van der Waals surface area contributed by atoms with E-state index >= 15 is 0 Å². The quantitative estimate of drug-likeness (QED) is 0.498. The molecule has 1 atom stereocenters. The van der Waals surface area contributed by atoms with Crippen molar-refractivity contribution in [1.82, 2.24) is 4.90 Å². The summed E-state index contributed by atoms with van der Waals surface area (Å²) in [5, 5.41) is 0. The highest BCUT2D eigenvalue weighted by atomic mass is 19.1. The van der Waals surface area contributed by atoms with Crippen LogP contribution in [0.3, 0.4) is 0 Å². The van der Waals surface area contributed by atoms with Gasteiger partial charge in [0.25, 0.3) is 0 Å². The molecule has 0 radical (unpaired) electrons. The third kappa shape index (κ3) is 5.04. The summed E-state index contributed by atoms with van der Waals surface area (Å²) in [4.78, 5) is 14.7. The Morgan fingerprint density at radius 2 is 1.85 bits per heavy atom. The molecule has 1 aliphatic rings. The number of hydrogen-bond donors (Lipinski definition) is 0. The van der Waals surface area contributed by atoms with E-state index < -0.39 is 0 Å². The summed E-state index contributed by atoms with van der Waals surface area (Å²) in [5.41, 5.74) is 3.25. The van der Waals surface area contributed by atoms with Gasteiger partial charge in [-0.1, -0.05) is 23.8 Å².